The Morgan fingerprint density at radius 2 is 1.90 bits per heavy atom. The van der Waals surface area contributed by atoms with E-state index in [0.29, 0.717) is 32.0 Å². The number of benzene rings is 2. The van der Waals surface area contributed by atoms with Crippen molar-refractivity contribution in [2.75, 3.05) is 23.5 Å². The summed E-state index contributed by atoms with van der Waals surface area (Å²) in [5.41, 5.74) is 4.09. The molecule has 31 heavy (non-hydrogen) atoms. The van der Waals surface area contributed by atoms with E-state index in [4.69, 9.17) is 0 Å². The average Bonchev–Trinajstić information content (AvgIpc) is 3.35. The molecule has 0 spiro atoms. The number of aromatic nitrogens is 2. The number of hydrogen-bond acceptors (Lipinski definition) is 4. The monoisotopic (exact) mass is 437 g/mol. The third-order valence-corrected chi connectivity index (χ3v) is 6.12. The molecule has 4 rings (SSSR count). The zero-order chi connectivity index (χ0) is 21.8. The predicted molar refractivity (Wildman–Crippen MR) is 125 cm³/mol. The molecule has 2 aromatic carbocycles. The van der Waals surface area contributed by atoms with Gasteiger partial charge in [0.1, 0.15) is 6.04 Å². The SMILES string of the molecule is CSCC[C@H](NC(=O)N1CCn2c1nc1ccccc12)C(=O)NCc1ccc(C)cc1. The van der Waals surface area contributed by atoms with Crippen molar-refractivity contribution in [1.29, 1.82) is 0 Å². The molecule has 0 fully saturated rings. The van der Waals surface area contributed by atoms with E-state index in [9.17, 15) is 9.59 Å². The molecule has 0 bridgehead atoms. The maximum atomic E-state index is 13.0. The molecule has 8 heteroatoms. The number of amides is 3. The Balaban J connectivity index is 1.43. The van der Waals surface area contributed by atoms with E-state index >= 15 is 0 Å². The largest absolute Gasteiger partial charge is 0.350 e. The smallest absolute Gasteiger partial charge is 0.324 e. The number of nitrogens with zero attached hydrogens (tertiary/aromatic N) is 3. The molecular formula is C23H27N5O2S. The summed E-state index contributed by atoms with van der Waals surface area (Å²) in [6.45, 7) is 3.70. The standard InChI is InChI=1S/C23H27N5O2S/c1-16-7-9-17(10-8-16)15-24-21(29)19(11-14-31-2)26-23(30)28-13-12-27-20-6-4-3-5-18(20)25-22(27)28/h3-10,19H,11-15H2,1-2H3,(H,24,29)(H,26,30)/t19-/m0/s1. The normalized spacial score (nSPS) is 13.8. The summed E-state index contributed by atoms with van der Waals surface area (Å²) in [6.07, 6.45) is 2.56. The molecule has 0 radical (unpaired) electrons. The molecule has 1 aliphatic rings. The molecule has 2 N–H and O–H groups in total. The van der Waals surface area contributed by atoms with Crippen LogP contribution >= 0.6 is 11.8 Å². The number of carbonyl (C=O) groups is 2. The molecule has 0 saturated carbocycles. The summed E-state index contributed by atoms with van der Waals surface area (Å²) < 4.78 is 2.04. The van der Waals surface area contributed by atoms with Gasteiger partial charge in [-0.1, -0.05) is 42.0 Å². The molecule has 0 unspecified atom stereocenters. The molecular weight excluding hydrogens is 410 g/mol. The second-order valence-electron chi connectivity index (χ2n) is 7.69. The van der Waals surface area contributed by atoms with Gasteiger partial charge in [-0.25, -0.2) is 9.78 Å². The first-order valence-electron chi connectivity index (χ1n) is 10.4. The lowest BCUT2D eigenvalue weighted by molar-refractivity contribution is -0.123. The Labute approximate surface area is 186 Å². The number of para-hydroxylation sites is 2. The zero-order valence-electron chi connectivity index (χ0n) is 17.8. The topological polar surface area (TPSA) is 79.3 Å². The Hall–Kier alpha value is -3.00. The number of thioether (sulfide) groups is 1. The van der Waals surface area contributed by atoms with Crippen LogP contribution in [0.3, 0.4) is 0 Å². The minimum Gasteiger partial charge on any atom is -0.350 e. The molecule has 3 amide bonds. The molecule has 1 aromatic heterocycles. The van der Waals surface area contributed by atoms with Crippen LogP contribution in [0.2, 0.25) is 0 Å². The molecule has 2 heterocycles. The fourth-order valence-electron chi connectivity index (χ4n) is 3.73. The lowest BCUT2D eigenvalue weighted by Crippen LogP contribution is -2.51. The summed E-state index contributed by atoms with van der Waals surface area (Å²) in [7, 11) is 0. The van der Waals surface area contributed by atoms with Crippen LogP contribution in [-0.2, 0) is 17.9 Å². The number of aryl methyl sites for hydroxylation is 1. The minimum absolute atomic E-state index is 0.171. The summed E-state index contributed by atoms with van der Waals surface area (Å²) in [6, 6.07) is 15.0. The highest BCUT2D eigenvalue weighted by Gasteiger charge is 2.31. The van der Waals surface area contributed by atoms with Crippen molar-refractivity contribution in [3.63, 3.8) is 0 Å². The number of nitrogens with one attached hydrogen (secondary N) is 2. The number of hydrogen-bond donors (Lipinski definition) is 2. The molecule has 0 saturated heterocycles. The van der Waals surface area contributed by atoms with Crippen molar-refractivity contribution in [2.45, 2.75) is 32.5 Å². The van der Waals surface area contributed by atoms with Gasteiger partial charge < -0.3 is 15.2 Å². The fourth-order valence-corrected chi connectivity index (χ4v) is 4.20. The highest BCUT2D eigenvalue weighted by atomic mass is 32.2. The van der Waals surface area contributed by atoms with E-state index in [1.54, 1.807) is 16.7 Å². The molecule has 0 aliphatic carbocycles. The minimum atomic E-state index is -0.594. The third kappa shape index (κ3) is 4.69. The van der Waals surface area contributed by atoms with Gasteiger partial charge in [0.05, 0.1) is 11.0 Å². The zero-order valence-corrected chi connectivity index (χ0v) is 18.6. The maximum absolute atomic E-state index is 13.0. The summed E-state index contributed by atoms with van der Waals surface area (Å²) in [5.74, 6) is 1.24. The highest BCUT2D eigenvalue weighted by molar-refractivity contribution is 7.98. The number of anilines is 1. The van der Waals surface area contributed by atoms with Gasteiger partial charge in [0.25, 0.3) is 0 Å². The Kier molecular flexibility index (Phi) is 6.46. The van der Waals surface area contributed by atoms with Crippen LogP contribution < -0.4 is 15.5 Å². The quantitative estimate of drug-likeness (QED) is 0.594. The maximum Gasteiger partial charge on any atom is 0.324 e. The van der Waals surface area contributed by atoms with Gasteiger partial charge in [-0.2, -0.15) is 11.8 Å². The summed E-state index contributed by atoms with van der Waals surface area (Å²) in [5, 5.41) is 5.89. The first-order valence-corrected chi connectivity index (χ1v) is 11.8. The van der Waals surface area contributed by atoms with E-state index in [2.05, 4.69) is 15.6 Å². The number of carbonyl (C=O) groups excluding carboxylic acids is 2. The van der Waals surface area contributed by atoms with Crippen LogP contribution in [0, 0.1) is 6.92 Å². The first-order chi connectivity index (χ1) is 15.1. The van der Waals surface area contributed by atoms with Crippen molar-refractivity contribution in [1.82, 2.24) is 20.2 Å². The molecule has 162 valence electrons. The van der Waals surface area contributed by atoms with Crippen LogP contribution in [0.25, 0.3) is 11.0 Å². The highest BCUT2D eigenvalue weighted by Crippen LogP contribution is 2.27. The second-order valence-corrected chi connectivity index (χ2v) is 8.68. The van der Waals surface area contributed by atoms with Gasteiger partial charge >= 0.3 is 6.03 Å². The second kappa shape index (κ2) is 9.43. The van der Waals surface area contributed by atoms with Gasteiger partial charge in [0, 0.05) is 19.6 Å². The van der Waals surface area contributed by atoms with E-state index in [-0.39, 0.29) is 11.9 Å². The van der Waals surface area contributed by atoms with Gasteiger partial charge in [-0.05, 0) is 43.0 Å². The fraction of sp³-hybridized carbons (Fsp3) is 0.348. The predicted octanol–water partition coefficient (Wildman–Crippen LogP) is 3.31. The van der Waals surface area contributed by atoms with Gasteiger partial charge in [0.15, 0.2) is 0 Å². The van der Waals surface area contributed by atoms with Crippen LogP contribution in [0.5, 0.6) is 0 Å². The van der Waals surface area contributed by atoms with Crippen LogP contribution in [-0.4, -0.2) is 46.1 Å². The molecule has 1 atom stereocenters. The Morgan fingerprint density at radius 1 is 1.13 bits per heavy atom. The Bertz CT molecular complexity index is 1080. The van der Waals surface area contributed by atoms with Gasteiger partial charge in [-0.15, -0.1) is 0 Å². The number of urea groups is 1. The lowest BCUT2D eigenvalue weighted by Gasteiger charge is -2.22. The van der Waals surface area contributed by atoms with Crippen LogP contribution in [0.1, 0.15) is 17.5 Å². The first kappa shape index (κ1) is 21.2. The van der Waals surface area contributed by atoms with E-state index in [1.807, 2.05) is 66.3 Å². The summed E-state index contributed by atoms with van der Waals surface area (Å²) >= 11 is 1.65. The van der Waals surface area contributed by atoms with E-state index < -0.39 is 6.04 Å². The van der Waals surface area contributed by atoms with Crippen molar-refractivity contribution in [3.05, 3.63) is 59.7 Å². The van der Waals surface area contributed by atoms with Crippen molar-refractivity contribution in [2.24, 2.45) is 0 Å². The van der Waals surface area contributed by atoms with E-state index in [1.165, 1.54) is 5.56 Å². The average molecular weight is 438 g/mol. The summed E-state index contributed by atoms with van der Waals surface area (Å²) in [4.78, 5) is 32.1. The van der Waals surface area contributed by atoms with Crippen molar-refractivity contribution < 1.29 is 9.59 Å². The van der Waals surface area contributed by atoms with Crippen molar-refractivity contribution >= 4 is 40.7 Å². The molecule has 7 nitrogen and oxygen atoms in total. The lowest BCUT2D eigenvalue weighted by atomic mass is 10.1. The van der Waals surface area contributed by atoms with E-state index in [0.717, 1.165) is 22.3 Å². The molecule has 1 aliphatic heterocycles. The van der Waals surface area contributed by atoms with Crippen molar-refractivity contribution in [3.8, 4) is 0 Å². The van der Waals surface area contributed by atoms with Crippen LogP contribution in [0.4, 0.5) is 10.7 Å². The number of imidazole rings is 1. The van der Waals surface area contributed by atoms with Gasteiger partial charge in [0.2, 0.25) is 11.9 Å². The van der Waals surface area contributed by atoms with Crippen LogP contribution in [0.15, 0.2) is 48.5 Å². The van der Waals surface area contributed by atoms with Gasteiger partial charge in [-0.3, -0.25) is 9.69 Å². The number of rotatable bonds is 7. The third-order valence-electron chi connectivity index (χ3n) is 5.48. The number of fused-ring (bicyclic) bond motifs is 3. The Morgan fingerprint density at radius 3 is 2.68 bits per heavy atom. The molecule has 3 aromatic rings.